The van der Waals surface area contributed by atoms with E-state index in [-0.39, 0.29) is 18.2 Å². The van der Waals surface area contributed by atoms with Crippen molar-refractivity contribution in [1.29, 1.82) is 0 Å². The Morgan fingerprint density at radius 2 is 1.68 bits per heavy atom. The molecule has 6 nitrogen and oxygen atoms in total. The van der Waals surface area contributed by atoms with E-state index in [1.54, 1.807) is 37.3 Å². The van der Waals surface area contributed by atoms with Crippen molar-refractivity contribution in [3.05, 3.63) is 77.2 Å². The lowest BCUT2D eigenvalue weighted by Crippen LogP contribution is -2.45. The van der Waals surface area contributed by atoms with Crippen LogP contribution in [-0.2, 0) is 14.3 Å². The van der Waals surface area contributed by atoms with Crippen LogP contribution in [0.4, 0.5) is 4.39 Å². The van der Waals surface area contributed by atoms with Gasteiger partial charge in [0, 0.05) is 5.56 Å². The Kier molecular flexibility index (Phi) is 8.94. The van der Waals surface area contributed by atoms with E-state index in [0.717, 1.165) is 0 Å². The van der Waals surface area contributed by atoms with Crippen LogP contribution in [0.3, 0.4) is 0 Å². The van der Waals surface area contributed by atoms with Gasteiger partial charge in [0.05, 0.1) is 6.61 Å². The van der Waals surface area contributed by atoms with Gasteiger partial charge in [-0.05, 0) is 55.2 Å². The highest BCUT2D eigenvalue weighted by Crippen LogP contribution is 2.11. The number of amides is 2. The van der Waals surface area contributed by atoms with Crippen LogP contribution >= 0.6 is 0 Å². The van der Waals surface area contributed by atoms with Gasteiger partial charge in [-0.15, -0.1) is 0 Å². The predicted molar refractivity (Wildman–Crippen MR) is 116 cm³/mol. The molecule has 0 saturated carbocycles. The monoisotopic (exact) mass is 426 g/mol. The van der Waals surface area contributed by atoms with Gasteiger partial charge in [-0.25, -0.2) is 9.18 Å². The number of hydrogen-bond acceptors (Lipinski definition) is 4. The number of benzene rings is 2. The maximum atomic E-state index is 13.2. The molecule has 7 heteroatoms. The molecule has 1 atom stereocenters. The molecule has 1 unspecified atom stereocenters. The molecule has 0 aliphatic rings. The summed E-state index contributed by atoms with van der Waals surface area (Å²) >= 11 is 0. The molecule has 0 spiro atoms. The van der Waals surface area contributed by atoms with Gasteiger partial charge < -0.3 is 15.4 Å². The lowest BCUT2D eigenvalue weighted by atomic mass is 10.0. The summed E-state index contributed by atoms with van der Waals surface area (Å²) in [5, 5.41) is 5.24. The number of halogens is 1. The molecule has 31 heavy (non-hydrogen) atoms. The van der Waals surface area contributed by atoms with Crippen LogP contribution in [0.15, 0.2) is 60.3 Å². The molecule has 0 radical (unpaired) electrons. The number of nitrogens with one attached hydrogen (secondary N) is 2. The third-order valence-electron chi connectivity index (χ3n) is 4.29. The number of hydrogen-bond donors (Lipinski definition) is 2. The van der Waals surface area contributed by atoms with Gasteiger partial charge in [-0.2, -0.15) is 0 Å². The van der Waals surface area contributed by atoms with Crippen LogP contribution in [0.25, 0.3) is 6.08 Å². The molecular weight excluding hydrogens is 399 g/mol. The average Bonchev–Trinajstić information content (AvgIpc) is 2.74. The lowest BCUT2D eigenvalue weighted by Gasteiger charge is -2.20. The van der Waals surface area contributed by atoms with Crippen molar-refractivity contribution in [1.82, 2.24) is 10.6 Å². The maximum Gasteiger partial charge on any atom is 0.328 e. The Hall–Kier alpha value is -3.48. The third kappa shape index (κ3) is 7.70. The van der Waals surface area contributed by atoms with Crippen molar-refractivity contribution in [2.75, 3.05) is 6.61 Å². The van der Waals surface area contributed by atoms with Gasteiger partial charge in [0.25, 0.3) is 11.8 Å². The number of esters is 1. The molecule has 0 aromatic heterocycles. The van der Waals surface area contributed by atoms with Crippen LogP contribution in [0.2, 0.25) is 0 Å². The van der Waals surface area contributed by atoms with E-state index in [1.807, 2.05) is 13.8 Å². The topological polar surface area (TPSA) is 84.5 Å². The summed E-state index contributed by atoms with van der Waals surface area (Å²) in [6.45, 7) is 5.72. The van der Waals surface area contributed by atoms with Gasteiger partial charge in [-0.1, -0.05) is 44.2 Å². The van der Waals surface area contributed by atoms with Crippen LogP contribution < -0.4 is 10.6 Å². The van der Waals surface area contributed by atoms with Crippen LogP contribution in [0.5, 0.6) is 0 Å². The highest BCUT2D eigenvalue weighted by molar-refractivity contribution is 6.06. The molecule has 164 valence electrons. The quantitative estimate of drug-likeness (QED) is 0.473. The van der Waals surface area contributed by atoms with Gasteiger partial charge in [-0.3, -0.25) is 9.59 Å². The average molecular weight is 426 g/mol. The van der Waals surface area contributed by atoms with Gasteiger partial charge in [0.15, 0.2) is 0 Å². The standard InChI is InChI=1S/C24H27FN2O4/c1-4-31-24(30)21(14-16(2)3)27-23(29)20(15-17-10-12-19(25)13-11-17)26-22(28)18-8-6-5-7-9-18/h5-13,15-16,21H,4,14H2,1-3H3,(H,26,28)(H,27,29). The summed E-state index contributed by atoms with van der Waals surface area (Å²) in [5.41, 5.74) is 0.805. The summed E-state index contributed by atoms with van der Waals surface area (Å²) in [6, 6.07) is 13.0. The second-order valence-electron chi connectivity index (χ2n) is 7.34. The summed E-state index contributed by atoms with van der Waals surface area (Å²) < 4.78 is 18.3. The van der Waals surface area contributed by atoms with Crippen molar-refractivity contribution in [3.63, 3.8) is 0 Å². The van der Waals surface area contributed by atoms with E-state index >= 15 is 0 Å². The van der Waals surface area contributed by atoms with Crippen LogP contribution in [0, 0.1) is 11.7 Å². The zero-order valence-electron chi connectivity index (χ0n) is 17.9. The molecule has 0 fully saturated rings. The molecule has 0 aliphatic carbocycles. The van der Waals surface area contributed by atoms with E-state index < -0.39 is 29.6 Å². The minimum absolute atomic E-state index is 0.0708. The molecule has 2 aromatic carbocycles. The highest BCUT2D eigenvalue weighted by atomic mass is 19.1. The Bertz CT molecular complexity index is 924. The summed E-state index contributed by atoms with van der Waals surface area (Å²) in [6.07, 6.45) is 1.80. The molecule has 2 N–H and O–H groups in total. The van der Waals surface area contributed by atoms with Crippen LogP contribution in [0.1, 0.15) is 43.1 Å². The van der Waals surface area contributed by atoms with Crippen molar-refractivity contribution >= 4 is 23.9 Å². The second kappa shape index (κ2) is 11.6. The van der Waals surface area contributed by atoms with E-state index in [0.29, 0.717) is 17.5 Å². The Labute approximate surface area is 181 Å². The first-order valence-corrected chi connectivity index (χ1v) is 10.1. The molecule has 0 aliphatic heterocycles. The van der Waals surface area contributed by atoms with E-state index in [9.17, 15) is 18.8 Å². The van der Waals surface area contributed by atoms with Crippen LogP contribution in [-0.4, -0.2) is 30.4 Å². The molecular formula is C24H27FN2O4. The van der Waals surface area contributed by atoms with Crippen molar-refractivity contribution in [3.8, 4) is 0 Å². The largest absolute Gasteiger partial charge is 0.464 e. The number of rotatable bonds is 9. The first kappa shape index (κ1) is 23.8. The second-order valence-corrected chi connectivity index (χ2v) is 7.34. The van der Waals surface area contributed by atoms with Crippen molar-refractivity contribution < 1.29 is 23.5 Å². The fourth-order valence-electron chi connectivity index (χ4n) is 2.83. The molecule has 2 amide bonds. The number of carbonyl (C=O) groups is 3. The fourth-order valence-corrected chi connectivity index (χ4v) is 2.83. The van der Waals surface area contributed by atoms with E-state index in [1.165, 1.54) is 30.3 Å². The zero-order chi connectivity index (χ0) is 22.8. The fraction of sp³-hybridized carbons (Fsp3) is 0.292. The van der Waals surface area contributed by atoms with Gasteiger partial charge in [0.1, 0.15) is 17.6 Å². The van der Waals surface area contributed by atoms with Crippen molar-refractivity contribution in [2.24, 2.45) is 5.92 Å². The minimum atomic E-state index is -0.863. The van der Waals surface area contributed by atoms with Crippen molar-refractivity contribution in [2.45, 2.75) is 33.2 Å². The zero-order valence-corrected chi connectivity index (χ0v) is 17.9. The maximum absolute atomic E-state index is 13.2. The number of carbonyl (C=O) groups excluding carboxylic acids is 3. The lowest BCUT2D eigenvalue weighted by molar-refractivity contribution is -0.147. The van der Waals surface area contributed by atoms with Gasteiger partial charge in [0.2, 0.25) is 0 Å². The Balaban J connectivity index is 2.31. The molecule has 0 heterocycles. The predicted octanol–water partition coefficient (Wildman–Crippen LogP) is 3.69. The first-order chi connectivity index (χ1) is 14.8. The van der Waals surface area contributed by atoms with Gasteiger partial charge >= 0.3 is 5.97 Å². The Morgan fingerprint density at radius 3 is 2.26 bits per heavy atom. The molecule has 0 saturated heterocycles. The smallest absolute Gasteiger partial charge is 0.328 e. The molecule has 0 bridgehead atoms. The summed E-state index contributed by atoms with van der Waals surface area (Å²) in [4.78, 5) is 37.9. The van der Waals surface area contributed by atoms with E-state index in [2.05, 4.69) is 10.6 Å². The molecule has 2 aromatic rings. The third-order valence-corrected chi connectivity index (χ3v) is 4.29. The summed E-state index contributed by atoms with van der Waals surface area (Å²) in [7, 11) is 0. The SMILES string of the molecule is CCOC(=O)C(CC(C)C)NC(=O)C(=Cc1ccc(F)cc1)NC(=O)c1ccccc1. The normalized spacial score (nSPS) is 12.2. The molecule has 2 rings (SSSR count). The minimum Gasteiger partial charge on any atom is -0.464 e. The highest BCUT2D eigenvalue weighted by Gasteiger charge is 2.25. The van der Waals surface area contributed by atoms with E-state index in [4.69, 9.17) is 4.74 Å². The Morgan fingerprint density at radius 1 is 1.03 bits per heavy atom. The first-order valence-electron chi connectivity index (χ1n) is 10.1. The number of ether oxygens (including phenoxy) is 1. The summed E-state index contributed by atoms with van der Waals surface area (Å²) in [5.74, 6) is -1.97.